The van der Waals surface area contributed by atoms with E-state index in [-0.39, 0.29) is 36.5 Å². The zero-order chi connectivity index (χ0) is 25.2. The van der Waals surface area contributed by atoms with Crippen LogP contribution in [0.1, 0.15) is 35.0 Å². The van der Waals surface area contributed by atoms with Gasteiger partial charge in [0.1, 0.15) is 33.6 Å². The van der Waals surface area contributed by atoms with E-state index in [1.54, 1.807) is 35.2 Å². The number of sulfone groups is 1. The summed E-state index contributed by atoms with van der Waals surface area (Å²) in [4.78, 5) is 4.71. The van der Waals surface area contributed by atoms with Crippen LogP contribution in [0.25, 0.3) is 0 Å². The van der Waals surface area contributed by atoms with Crippen LogP contribution in [0.2, 0.25) is 0 Å². The van der Waals surface area contributed by atoms with Crippen LogP contribution in [0.5, 0.6) is 0 Å². The third kappa shape index (κ3) is 6.40. The van der Waals surface area contributed by atoms with Crippen LogP contribution in [-0.4, -0.2) is 41.7 Å². The molecule has 0 unspecified atom stereocenters. The predicted molar refractivity (Wildman–Crippen MR) is 117 cm³/mol. The molecule has 0 bridgehead atoms. The minimum atomic E-state index is -4.78. The number of piperidine rings is 1. The van der Waals surface area contributed by atoms with Gasteiger partial charge in [-0.25, -0.2) is 22.2 Å². The van der Waals surface area contributed by atoms with Crippen molar-refractivity contribution >= 4 is 21.4 Å². The molecule has 0 amide bonds. The summed E-state index contributed by atoms with van der Waals surface area (Å²) >= 11 is 0.839. The number of hydrogen-bond acceptors (Lipinski definition) is 7. The highest BCUT2D eigenvalue weighted by atomic mass is 32.2. The molecule has 1 aliphatic rings. The van der Waals surface area contributed by atoms with Gasteiger partial charge in [0, 0.05) is 24.7 Å². The smallest absolute Gasteiger partial charge is 0.292 e. The summed E-state index contributed by atoms with van der Waals surface area (Å²) in [5, 5.41) is 0.142. The van der Waals surface area contributed by atoms with Gasteiger partial charge in [-0.3, -0.25) is 9.64 Å². The van der Waals surface area contributed by atoms with Crippen molar-refractivity contribution in [3.63, 3.8) is 0 Å². The third-order valence-electron chi connectivity index (χ3n) is 5.68. The van der Waals surface area contributed by atoms with Crippen molar-refractivity contribution in [2.75, 3.05) is 6.54 Å². The van der Waals surface area contributed by atoms with Crippen LogP contribution in [-0.2, 0) is 26.9 Å². The molecule has 13 heteroatoms. The molecule has 0 radical (unpaired) electrons. The molecule has 2 heterocycles. The SMILES string of the molecule is O=S(=O)(Cc1ncns1)c1cc(F)c(CN2CC[C@@H](OC(F)(F)F)C[C@H]2c2ccccc2)cc1F. The average molecular weight is 534 g/mol. The van der Waals surface area contributed by atoms with Crippen LogP contribution in [0.3, 0.4) is 0 Å². The molecule has 2 aromatic carbocycles. The molecule has 6 nitrogen and oxygen atoms in total. The maximum Gasteiger partial charge on any atom is 0.522 e. The number of halogens is 5. The van der Waals surface area contributed by atoms with Crippen molar-refractivity contribution < 1.29 is 35.1 Å². The van der Waals surface area contributed by atoms with Gasteiger partial charge in [-0.15, -0.1) is 13.2 Å². The molecule has 1 aliphatic heterocycles. The lowest BCUT2D eigenvalue weighted by Crippen LogP contribution is -2.41. The number of aromatic nitrogens is 2. The first-order valence-electron chi connectivity index (χ1n) is 10.5. The number of rotatable bonds is 7. The molecule has 35 heavy (non-hydrogen) atoms. The minimum absolute atomic E-state index is 0.00192. The number of benzene rings is 2. The molecular formula is C22H20F5N3O3S2. The lowest BCUT2D eigenvalue weighted by atomic mass is 9.92. The van der Waals surface area contributed by atoms with Crippen molar-refractivity contribution in [1.82, 2.24) is 14.3 Å². The molecule has 0 saturated carbocycles. The number of nitrogens with zero attached hydrogens (tertiary/aromatic N) is 3. The van der Waals surface area contributed by atoms with E-state index in [0.29, 0.717) is 11.6 Å². The molecule has 1 saturated heterocycles. The quantitative estimate of drug-likeness (QED) is 0.397. The second-order valence-electron chi connectivity index (χ2n) is 8.08. The van der Waals surface area contributed by atoms with E-state index in [1.807, 2.05) is 0 Å². The summed E-state index contributed by atoms with van der Waals surface area (Å²) in [6, 6.07) is 9.64. The van der Waals surface area contributed by atoms with Gasteiger partial charge in [0.2, 0.25) is 0 Å². The molecule has 0 aliphatic carbocycles. The van der Waals surface area contributed by atoms with E-state index in [9.17, 15) is 30.4 Å². The van der Waals surface area contributed by atoms with Crippen molar-refractivity contribution in [2.45, 2.75) is 48.5 Å². The zero-order valence-electron chi connectivity index (χ0n) is 18.1. The third-order valence-corrected chi connectivity index (χ3v) is 8.16. The first-order chi connectivity index (χ1) is 16.5. The van der Waals surface area contributed by atoms with Gasteiger partial charge in [0.25, 0.3) is 0 Å². The highest BCUT2D eigenvalue weighted by molar-refractivity contribution is 7.90. The lowest BCUT2D eigenvalue weighted by Gasteiger charge is -2.40. The Morgan fingerprint density at radius 1 is 1.11 bits per heavy atom. The Labute approximate surface area is 202 Å². The minimum Gasteiger partial charge on any atom is -0.292 e. The van der Waals surface area contributed by atoms with E-state index < -0.39 is 50.6 Å². The lowest BCUT2D eigenvalue weighted by molar-refractivity contribution is -0.347. The fourth-order valence-corrected chi connectivity index (χ4v) is 6.32. The Bertz CT molecular complexity index is 1260. The number of hydrogen-bond donors (Lipinski definition) is 0. The molecule has 4 rings (SSSR count). The normalized spacial score (nSPS) is 19.7. The molecular weight excluding hydrogens is 513 g/mol. The second-order valence-corrected chi connectivity index (χ2v) is 10.9. The van der Waals surface area contributed by atoms with Gasteiger partial charge in [0.15, 0.2) is 9.84 Å². The predicted octanol–water partition coefficient (Wildman–Crippen LogP) is 5.03. The van der Waals surface area contributed by atoms with E-state index >= 15 is 0 Å². The molecule has 3 aromatic rings. The Hall–Kier alpha value is -2.48. The summed E-state index contributed by atoms with van der Waals surface area (Å²) in [5.74, 6) is -2.66. The Morgan fingerprint density at radius 3 is 2.51 bits per heavy atom. The van der Waals surface area contributed by atoms with E-state index in [4.69, 9.17) is 0 Å². The molecule has 0 spiro atoms. The maximum atomic E-state index is 15.0. The highest BCUT2D eigenvalue weighted by Crippen LogP contribution is 2.36. The van der Waals surface area contributed by atoms with Crippen LogP contribution in [0.4, 0.5) is 22.0 Å². The summed E-state index contributed by atoms with van der Waals surface area (Å²) in [7, 11) is -4.21. The van der Waals surface area contributed by atoms with Gasteiger partial charge in [0.05, 0.1) is 6.10 Å². The zero-order valence-corrected chi connectivity index (χ0v) is 19.7. The van der Waals surface area contributed by atoms with Gasteiger partial charge < -0.3 is 0 Å². The van der Waals surface area contributed by atoms with Gasteiger partial charge in [-0.05, 0) is 42.1 Å². The molecule has 0 N–H and O–H groups in total. The molecule has 1 fully saturated rings. The highest BCUT2D eigenvalue weighted by Gasteiger charge is 2.38. The maximum absolute atomic E-state index is 15.0. The first-order valence-corrected chi connectivity index (χ1v) is 12.9. The van der Waals surface area contributed by atoms with E-state index in [2.05, 4.69) is 14.1 Å². The van der Waals surface area contributed by atoms with Crippen LogP contribution in [0, 0.1) is 11.6 Å². The number of ether oxygens (including phenoxy) is 1. The first kappa shape index (κ1) is 25.6. The van der Waals surface area contributed by atoms with Crippen molar-refractivity contribution in [1.29, 1.82) is 0 Å². The summed E-state index contributed by atoms with van der Waals surface area (Å²) in [6.07, 6.45) is -4.64. The van der Waals surface area contributed by atoms with Crippen molar-refractivity contribution in [2.24, 2.45) is 0 Å². The van der Waals surface area contributed by atoms with Gasteiger partial charge >= 0.3 is 6.36 Å². The molecule has 1 aromatic heterocycles. The van der Waals surface area contributed by atoms with Crippen molar-refractivity contribution in [3.05, 3.63) is 76.6 Å². The van der Waals surface area contributed by atoms with Crippen LogP contribution < -0.4 is 0 Å². The summed E-state index contributed by atoms with van der Waals surface area (Å²) < 4.78 is 101. The topological polar surface area (TPSA) is 72.4 Å². The summed E-state index contributed by atoms with van der Waals surface area (Å²) in [5.41, 5.74) is 0.605. The molecule has 188 valence electrons. The van der Waals surface area contributed by atoms with Crippen LogP contribution in [0.15, 0.2) is 53.7 Å². The molecule has 2 atom stereocenters. The van der Waals surface area contributed by atoms with Gasteiger partial charge in [-0.1, -0.05) is 30.3 Å². The fourth-order valence-electron chi connectivity index (χ4n) is 4.14. The Kier molecular flexibility index (Phi) is 7.50. The van der Waals surface area contributed by atoms with Gasteiger partial charge in [-0.2, -0.15) is 4.37 Å². The largest absolute Gasteiger partial charge is 0.522 e. The summed E-state index contributed by atoms with van der Waals surface area (Å²) in [6.45, 7) is 0.0102. The number of likely N-dealkylation sites (tertiary alicyclic amines) is 1. The Balaban J connectivity index is 1.57. The van der Waals surface area contributed by atoms with E-state index in [0.717, 1.165) is 17.6 Å². The van der Waals surface area contributed by atoms with Crippen LogP contribution >= 0.6 is 11.5 Å². The Morgan fingerprint density at radius 2 is 1.86 bits per heavy atom. The standard InChI is InChI=1S/C22H20F5N3O3S2/c23-17-10-20(35(31,32)12-21-28-13-29-34-21)18(24)8-15(17)11-30-7-6-16(33-22(25,26)27)9-19(30)14-4-2-1-3-5-14/h1-5,8,10,13,16,19H,6-7,9,11-12H2/t16-,19+/m1/s1. The monoisotopic (exact) mass is 533 g/mol. The fraction of sp³-hybridized carbons (Fsp3) is 0.364. The van der Waals surface area contributed by atoms with Crippen molar-refractivity contribution in [3.8, 4) is 0 Å². The average Bonchev–Trinajstić information content (AvgIpc) is 3.28. The second kappa shape index (κ2) is 10.2. The number of alkyl halides is 3. The van der Waals surface area contributed by atoms with E-state index in [1.165, 1.54) is 6.33 Å².